The first-order valence-corrected chi connectivity index (χ1v) is 0. The van der Waals surface area contributed by atoms with Crippen molar-refractivity contribution in [2.75, 3.05) is 0 Å². The van der Waals surface area contributed by atoms with Crippen LogP contribution in [-0.2, 0) is 0 Å². The average Bonchev–Trinajstić information content (AvgIpc) is 0. The van der Waals surface area contributed by atoms with Gasteiger partial charge in [-0.3, -0.25) is 0 Å². The summed E-state index contributed by atoms with van der Waals surface area (Å²) < 4.78 is 0. The van der Waals surface area contributed by atoms with E-state index in [1.807, 2.05) is 0 Å². The van der Waals surface area contributed by atoms with Crippen molar-refractivity contribution in [3.63, 3.8) is 0 Å². The summed E-state index contributed by atoms with van der Waals surface area (Å²) in [5, 5.41) is 0. The van der Waals surface area contributed by atoms with Gasteiger partial charge in [-0.2, -0.15) is 0 Å². The molecule has 0 saturated heterocycles. The smallest absolute Gasteiger partial charge is 0 e. The summed E-state index contributed by atoms with van der Waals surface area (Å²) in [6.07, 6.45) is 0. The van der Waals surface area contributed by atoms with Gasteiger partial charge in [0, 0.05) is 8.41 Å². The maximum absolute atomic E-state index is 0. The second kappa shape index (κ2) is 182. The molecule has 0 atom stereocenters. The lowest BCUT2D eigenvalue weighted by atomic mass is 10.8. The minimum atomic E-state index is 0. The molecule has 2 nitrogen and oxygen atoms in total. The van der Waals surface area contributed by atoms with Gasteiger partial charge in [-0.25, -0.2) is 0 Å². The molecule has 0 aromatic carbocycles. The van der Waals surface area contributed by atoms with Crippen molar-refractivity contribution < 1.29 is 11.0 Å². The van der Waals surface area contributed by atoms with Crippen LogP contribution in [0.1, 0.15) is 0 Å². The summed E-state index contributed by atoms with van der Waals surface area (Å²) in [6, 6.07) is 0. The zero-order valence-corrected chi connectivity index (χ0v) is 4.03. The predicted octanol–water partition coefficient (Wildman–Crippen LogP) is -1.19. The Morgan fingerprint density at radius 1 is 0.600 bits per heavy atom. The Morgan fingerprint density at radius 3 is 0.600 bits per heavy atom. The van der Waals surface area contributed by atoms with E-state index >= 15 is 0 Å². The van der Waals surface area contributed by atoms with Crippen LogP contribution in [0.2, 0.25) is 0 Å². The predicted molar refractivity (Wildman–Crippen MR) is 27.5 cm³/mol. The standard InChI is InChI=1S/B.2ClH.2H2O/h;2*1H;2*1H2. The normalized spacial score (nSPS) is 0. The molecule has 4 N–H and O–H groups in total. The largest absolute Gasteiger partial charge is 0.412 e. The van der Waals surface area contributed by atoms with E-state index in [-0.39, 0.29) is 44.2 Å². The van der Waals surface area contributed by atoms with Gasteiger partial charge in [0.25, 0.3) is 0 Å². The fraction of sp³-hybridized carbons (Fsp3) is 0. The average molecular weight is 120 g/mol. The molecule has 0 fully saturated rings. The Bertz CT molecular complexity index is 7.61. The van der Waals surface area contributed by atoms with Crippen molar-refractivity contribution in [2.45, 2.75) is 0 Å². The minimum Gasteiger partial charge on any atom is -0.412 e. The summed E-state index contributed by atoms with van der Waals surface area (Å²) in [5.74, 6) is 0. The van der Waals surface area contributed by atoms with Crippen molar-refractivity contribution in [1.29, 1.82) is 0 Å². The summed E-state index contributed by atoms with van der Waals surface area (Å²) in [5.41, 5.74) is 0. The van der Waals surface area contributed by atoms with E-state index in [0.29, 0.717) is 0 Å². The monoisotopic (exact) mass is 119 g/mol. The summed E-state index contributed by atoms with van der Waals surface area (Å²) in [7, 11) is 0. The first-order chi connectivity index (χ1) is 0. The Kier molecular flexibility index (Phi) is 13200. The molecule has 0 bridgehead atoms. The molecule has 5 heavy (non-hydrogen) atoms. The third-order valence-electron chi connectivity index (χ3n) is 0. The van der Waals surface area contributed by atoms with Crippen molar-refractivity contribution in [3.8, 4) is 0 Å². The van der Waals surface area contributed by atoms with Gasteiger partial charge in [0.05, 0.1) is 0 Å². The fourth-order valence-corrected chi connectivity index (χ4v) is 0. The Balaban J connectivity index is 0. The van der Waals surface area contributed by atoms with E-state index in [2.05, 4.69) is 0 Å². The van der Waals surface area contributed by atoms with Crippen molar-refractivity contribution >= 4 is 33.2 Å². The molecule has 0 heterocycles. The third-order valence-corrected chi connectivity index (χ3v) is 0. The topological polar surface area (TPSA) is 63.0 Å². The maximum Gasteiger partial charge on any atom is 0 e. The van der Waals surface area contributed by atoms with Gasteiger partial charge in [-0.1, -0.05) is 0 Å². The number of rotatable bonds is 0. The second-order valence-corrected chi connectivity index (χ2v) is 0. The van der Waals surface area contributed by atoms with E-state index in [4.69, 9.17) is 0 Å². The Labute approximate surface area is 45.0 Å². The van der Waals surface area contributed by atoms with E-state index in [9.17, 15) is 0 Å². The molecule has 0 aliphatic rings. The van der Waals surface area contributed by atoms with Crippen molar-refractivity contribution in [1.82, 2.24) is 0 Å². The van der Waals surface area contributed by atoms with Gasteiger partial charge in [-0.15, -0.1) is 24.8 Å². The van der Waals surface area contributed by atoms with E-state index in [0.717, 1.165) is 0 Å². The van der Waals surface area contributed by atoms with Crippen LogP contribution in [0.3, 0.4) is 0 Å². The van der Waals surface area contributed by atoms with Crippen LogP contribution in [0, 0.1) is 0 Å². The molecule has 0 saturated carbocycles. The molecule has 0 aliphatic heterocycles. The quantitative estimate of drug-likeness (QED) is 0.361. The lowest BCUT2D eigenvalue weighted by Crippen LogP contribution is -0.381. The number of hydrogen-bond acceptors (Lipinski definition) is 0. The van der Waals surface area contributed by atoms with Gasteiger partial charge in [0.2, 0.25) is 0 Å². The molecule has 0 aliphatic carbocycles. The van der Waals surface area contributed by atoms with Crippen LogP contribution in [-0.4, -0.2) is 19.4 Å². The zero-order chi connectivity index (χ0) is 0. The first kappa shape index (κ1) is 363. The fourth-order valence-electron chi connectivity index (χ4n) is 0. The van der Waals surface area contributed by atoms with Gasteiger partial charge < -0.3 is 11.0 Å². The van der Waals surface area contributed by atoms with E-state index < -0.39 is 0 Å². The highest BCUT2D eigenvalue weighted by Crippen LogP contribution is 0.691. The molecule has 35 valence electrons. The van der Waals surface area contributed by atoms with Crippen LogP contribution in [0.4, 0.5) is 0 Å². The van der Waals surface area contributed by atoms with Gasteiger partial charge in [-0.05, 0) is 0 Å². The summed E-state index contributed by atoms with van der Waals surface area (Å²) in [4.78, 5) is 0. The van der Waals surface area contributed by atoms with Gasteiger partial charge in [0.1, 0.15) is 0 Å². The molecule has 0 aromatic heterocycles. The first-order valence-electron chi connectivity index (χ1n) is 0. The molecule has 0 amide bonds. The number of halogens is 2. The molecular formula is H6BCl2O2. The second-order valence-electron chi connectivity index (χ2n) is 0. The van der Waals surface area contributed by atoms with Crippen LogP contribution >= 0.6 is 24.8 Å². The highest BCUT2D eigenvalue weighted by molar-refractivity contribution is 5.85. The van der Waals surface area contributed by atoms with Crippen molar-refractivity contribution in [3.05, 3.63) is 0 Å². The zero-order valence-electron chi connectivity index (χ0n) is 2.39. The third kappa shape index (κ3) is 94.1. The molecule has 0 unspecified atom stereocenters. The highest BCUT2D eigenvalue weighted by atomic mass is 35.5. The molecule has 0 aromatic rings. The highest BCUT2D eigenvalue weighted by Gasteiger charge is 0.0000187. The molecule has 3 radical (unpaired) electrons. The molecule has 0 spiro atoms. The molecule has 5 heteroatoms. The summed E-state index contributed by atoms with van der Waals surface area (Å²) in [6.45, 7) is 0. The van der Waals surface area contributed by atoms with Gasteiger partial charge >= 0.3 is 0 Å². The van der Waals surface area contributed by atoms with E-state index in [1.165, 1.54) is 0 Å². The molecular weight excluding hydrogens is 114 g/mol. The van der Waals surface area contributed by atoms with E-state index in [1.54, 1.807) is 0 Å². The Hall–Kier alpha value is 0.565. The molecule has 0 rings (SSSR count). The number of hydrogen-bond donors (Lipinski definition) is 0. The summed E-state index contributed by atoms with van der Waals surface area (Å²) >= 11 is 0. The van der Waals surface area contributed by atoms with Crippen LogP contribution in [0.25, 0.3) is 0 Å². The SMILES string of the molecule is Cl.Cl.O.O.[B]. The Morgan fingerprint density at radius 2 is 0.600 bits per heavy atom. The van der Waals surface area contributed by atoms with Crippen molar-refractivity contribution in [2.24, 2.45) is 0 Å². The lowest BCUT2D eigenvalue weighted by Gasteiger charge is -0.413. The van der Waals surface area contributed by atoms with Crippen LogP contribution in [0.15, 0.2) is 0 Å². The maximum atomic E-state index is 0. The van der Waals surface area contributed by atoms with Crippen LogP contribution < -0.4 is 0 Å². The van der Waals surface area contributed by atoms with Crippen LogP contribution in [0.5, 0.6) is 0 Å². The lowest BCUT2D eigenvalue weighted by molar-refractivity contribution is 0.823. The minimum absolute atomic E-state index is 0. The van der Waals surface area contributed by atoms with Gasteiger partial charge in [0.15, 0.2) is 0 Å².